The summed E-state index contributed by atoms with van der Waals surface area (Å²) in [7, 11) is 0. The number of nitrogens with one attached hydrogen (secondary N) is 1. The minimum Gasteiger partial charge on any atom is -0.352 e. The van der Waals surface area contributed by atoms with Gasteiger partial charge >= 0.3 is 0 Å². The van der Waals surface area contributed by atoms with E-state index in [0.717, 1.165) is 18.4 Å². The van der Waals surface area contributed by atoms with Crippen molar-refractivity contribution >= 4 is 5.91 Å². The second kappa shape index (κ2) is 7.44. The Morgan fingerprint density at radius 3 is 2.25 bits per heavy atom. The molecular weight excluding hydrogens is 248 g/mol. The fraction of sp³-hybridized carbons (Fsp3) is 0.588. The zero-order valence-corrected chi connectivity index (χ0v) is 12.4. The first-order valence-electron chi connectivity index (χ1n) is 7.79. The highest BCUT2D eigenvalue weighted by Gasteiger charge is 2.19. The SMILES string of the molecule is Cc1ccc(C(N)C(=O)NC2CCCCCCC2)cc1. The summed E-state index contributed by atoms with van der Waals surface area (Å²) in [6, 6.07) is 7.63. The number of nitrogens with two attached hydrogens (primary N) is 1. The minimum atomic E-state index is -0.555. The van der Waals surface area contributed by atoms with Crippen LogP contribution in [0.1, 0.15) is 62.1 Å². The van der Waals surface area contributed by atoms with Crippen LogP contribution >= 0.6 is 0 Å². The Hall–Kier alpha value is -1.35. The maximum absolute atomic E-state index is 12.3. The van der Waals surface area contributed by atoms with Crippen LogP contribution in [0.3, 0.4) is 0 Å². The first kappa shape index (κ1) is 15.0. The molecule has 20 heavy (non-hydrogen) atoms. The highest BCUT2D eigenvalue weighted by atomic mass is 16.2. The lowest BCUT2D eigenvalue weighted by atomic mass is 9.96. The molecule has 1 saturated carbocycles. The minimum absolute atomic E-state index is 0.0422. The summed E-state index contributed by atoms with van der Waals surface area (Å²) in [6.45, 7) is 2.03. The maximum Gasteiger partial charge on any atom is 0.241 e. The largest absolute Gasteiger partial charge is 0.352 e. The van der Waals surface area contributed by atoms with Crippen molar-refractivity contribution in [1.82, 2.24) is 5.32 Å². The lowest BCUT2D eigenvalue weighted by Gasteiger charge is -2.23. The number of rotatable bonds is 3. The Morgan fingerprint density at radius 2 is 1.65 bits per heavy atom. The fourth-order valence-corrected chi connectivity index (χ4v) is 2.82. The van der Waals surface area contributed by atoms with Crippen molar-refractivity contribution in [1.29, 1.82) is 0 Å². The van der Waals surface area contributed by atoms with Gasteiger partial charge in [-0.15, -0.1) is 0 Å². The molecule has 1 fully saturated rings. The van der Waals surface area contributed by atoms with Gasteiger partial charge in [0.1, 0.15) is 6.04 Å². The van der Waals surface area contributed by atoms with Gasteiger partial charge in [-0.05, 0) is 25.3 Å². The predicted molar refractivity (Wildman–Crippen MR) is 82.4 cm³/mol. The van der Waals surface area contributed by atoms with E-state index in [9.17, 15) is 4.79 Å². The fourth-order valence-electron chi connectivity index (χ4n) is 2.82. The van der Waals surface area contributed by atoms with E-state index in [0.29, 0.717) is 6.04 Å². The Labute approximate surface area is 121 Å². The molecule has 1 aromatic carbocycles. The van der Waals surface area contributed by atoms with Crippen molar-refractivity contribution in [2.24, 2.45) is 5.73 Å². The molecule has 110 valence electrons. The molecule has 0 aliphatic heterocycles. The van der Waals surface area contributed by atoms with Gasteiger partial charge in [0.25, 0.3) is 0 Å². The summed E-state index contributed by atoms with van der Waals surface area (Å²) in [6.07, 6.45) is 8.52. The molecule has 2 rings (SSSR count). The average Bonchev–Trinajstić information content (AvgIpc) is 2.41. The first-order valence-corrected chi connectivity index (χ1v) is 7.79. The van der Waals surface area contributed by atoms with E-state index < -0.39 is 6.04 Å². The molecule has 1 aliphatic carbocycles. The normalized spacial score (nSPS) is 18.9. The van der Waals surface area contributed by atoms with Gasteiger partial charge in [-0.2, -0.15) is 0 Å². The van der Waals surface area contributed by atoms with Crippen LogP contribution in [0, 0.1) is 6.92 Å². The molecule has 1 atom stereocenters. The van der Waals surface area contributed by atoms with Gasteiger partial charge in [0.2, 0.25) is 5.91 Å². The van der Waals surface area contributed by atoms with Crippen molar-refractivity contribution in [3.63, 3.8) is 0 Å². The monoisotopic (exact) mass is 274 g/mol. The van der Waals surface area contributed by atoms with Crippen LogP contribution in [0.5, 0.6) is 0 Å². The van der Waals surface area contributed by atoms with E-state index in [1.807, 2.05) is 31.2 Å². The second-order valence-corrected chi connectivity index (χ2v) is 5.94. The number of carbonyl (C=O) groups is 1. The molecule has 3 nitrogen and oxygen atoms in total. The van der Waals surface area contributed by atoms with Gasteiger partial charge in [0.05, 0.1) is 0 Å². The third-order valence-corrected chi connectivity index (χ3v) is 4.17. The molecule has 0 saturated heterocycles. The van der Waals surface area contributed by atoms with Gasteiger partial charge < -0.3 is 11.1 Å². The highest BCUT2D eigenvalue weighted by Crippen LogP contribution is 2.18. The standard InChI is InChI=1S/C17H26N2O/c1-13-9-11-14(12-10-13)16(18)17(20)19-15-7-5-3-2-4-6-8-15/h9-12,15-16H,2-8,18H2,1H3,(H,19,20). The number of aryl methyl sites for hydroxylation is 1. The number of benzene rings is 1. The van der Waals surface area contributed by atoms with Gasteiger partial charge in [-0.25, -0.2) is 0 Å². The molecule has 0 radical (unpaired) electrons. The van der Waals surface area contributed by atoms with Crippen LogP contribution in [0.25, 0.3) is 0 Å². The molecule has 3 N–H and O–H groups in total. The second-order valence-electron chi connectivity index (χ2n) is 5.94. The van der Waals surface area contributed by atoms with Crippen LogP contribution < -0.4 is 11.1 Å². The quantitative estimate of drug-likeness (QED) is 0.889. The Kier molecular flexibility index (Phi) is 5.60. The molecule has 1 unspecified atom stereocenters. The maximum atomic E-state index is 12.3. The van der Waals surface area contributed by atoms with Crippen LogP contribution in [-0.4, -0.2) is 11.9 Å². The number of hydrogen-bond acceptors (Lipinski definition) is 2. The lowest BCUT2D eigenvalue weighted by Crippen LogP contribution is -2.41. The van der Waals surface area contributed by atoms with Crippen LogP contribution in [0.15, 0.2) is 24.3 Å². The van der Waals surface area contributed by atoms with Crippen LogP contribution in [-0.2, 0) is 4.79 Å². The first-order chi connectivity index (χ1) is 9.66. The Bertz CT molecular complexity index is 419. The molecule has 0 spiro atoms. The average molecular weight is 274 g/mol. The molecule has 3 heteroatoms. The summed E-state index contributed by atoms with van der Waals surface area (Å²) in [5.41, 5.74) is 8.13. The molecule has 0 heterocycles. The summed E-state index contributed by atoms with van der Waals surface area (Å²) in [5.74, 6) is -0.0422. The van der Waals surface area contributed by atoms with Crippen molar-refractivity contribution < 1.29 is 4.79 Å². The van der Waals surface area contributed by atoms with E-state index in [-0.39, 0.29) is 5.91 Å². The van der Waals surface area contributed by atoms with Crippen molar-refractivity contribution in [3.05, 3.63) is 35.4 Å². The van der Waals surface area contributed by atoms with Gasteiger partial charge in [-0.3, -0.25) is 4.79 Å². The third-order valence-electron chi connectivity index (χ3n) is 4.17. The highest BCUT2D eigenvalue weighted by molar-refractivity contribution is 5.83. The molecule has 0 bridgehead atoms. The lowest BCUT2D eigenvalue weighted by molar-refractivity contribution is -0.123. The van der Waals surface area contributed by atoms with E-state index in [4.69, 9.17) is 5.73 Å². The molecule has 1 aromatic rings. The van der Waals surface area contributed by atoms with E-state index in [1.165, 1.54) is 37.7 Å². The molecule has 0 aromatic heterocycles. The number of carbonyl (C=O) groups excluding carboxylic acids is 1. The van der Waals surface area contributed by atoms with Crippen molar-refractivity contribution in [3.8, 4) is 0 Å². The number of amides is 1. The summed E-state index contributed by atoms with van der Waals surface area (Å²) >= 11 is 0. The Balaban J connectivity index is 1.90. The third kappa shape index (κ3) is 4.34. The van der Waals surface area contributed by atoms with Gasteiger partial charge in [0, 0.05) is 6.04 Å². The summed E-state index contributed by atoms with van der Waals surface area (Å²) in [4.78, 5) is 12.3. The van der Waals surface area contributed by atoms with Crippen LogP contribution in [0.2, 0.25) is 0 Å². The topological polar surface area (TPSA) is 55.1 Å². The smallest absolute Gasteiger partial charge is 0.241 e. The Morgan fingerprint density at radius 1 is 1.10 bits per heavy atom. The molecule has 1 amide bonds. The zero-order valence-electron chi connectivity index (χ0n) is 12.4. The summed E-state index contributed by atoms with van der Waals surface area (Å²) in [5, 5.41) is 3.14. The van der Waals surface area contributed by atoms with Crippen molar-refractivity contribution in [2.75, 3.05) is 0 Å². The van der Waals surface area contributed by atoms with Gasteiger partial charge in [0.15, 0.2) is 0 Å². The molecular formula is C17H26N2O. The molecule has 1 aliphatic rings. The zero-order chi connectivity index (χ0) is 14.4. The van der Waals surface area contributed by atoms with Crippen molar-refractivity contribution in [2.45, 2.75) is 64.0 Å². The summed E-state index contributed by atoms with van der Waals surface area (Å²) < 4.78 is 0. The van der Waals surface area contributed by atoms with Crippen LogP contribution in [0.4, 0.5) is 0 Å². The van der Waals surface area contributed by atoms with Gasteiger partial charge in [-0.1, -0.05) is 61.9 Å². The van der Waals surface area contributed by atoms with E-state index in [1.54, 1.807) is 0 Å². The van der Waals surface area contributed by atoms with E-state index in [2.05, 4.69) is 5.32 Å². The predicted octanol–water partition coefficient (Wildman–Crippen LogP) is 3.22. The van der Waals surface area contributed by atoms with E-state index >= 15 is 0 Å². The number of hydrogen-bond donors (Lipinski definition) is 2.